The van der Waals surface area contributed by atoms with Gasteiger partial charge in [0, 0.05) is 31.7 Å². The molecule has 3 heteroatoms. The normalized spacial score (nSPS) is 32.0. The van der Waals surface area contributed by atoms with E-state index < -0.39 is 0 Å². The van der Waals surface area contributed by atoms with Crippen LogP contribution in [0.5, 0.6) is 0 Å². The number of nitrogens with zero attached hydrogens (tertiary/aromatic N) is 2. The van der Waals surface area contributed by atoms with Crippen LogP contribution in [-0.2, 0) is 6.42 Å². The number of benzene rings is 1. The first-order chi connectivity index (χ1) is 9.70. The van der Waals surface area contributed by atoms with Crippen LogP contribution in [0.4, 0.5) is 0 Å². The first kappa shape index (κ1) is 14.1. The first-order valence-corrected chi connectivity index (χ1v) is 7.91. The van der Waals surface area contributed by atoms with E-state index in [4.69, 9.17) is 0 Å². The third-order valence-corrected chi connectivity index (χ3v) is 5.20. The molecule has 110 valence electrons. The van der Waals surface area contributed by atoms with Crippen molar-refractivity contribution < 1.29 is 5.11 Å². The Balaban J connectivity index is 1.76. The van der Waals surface area contributed by atoms with Gasteiger partial charge in [-0.3, -0.25) is 4.90 Å². The highest BCUT2D eigenvalue weighted by Gasteiger charge is 2.35. The summed E-state index contributed by atoms with van der Waals surface area (Å²) in [5.41, 5.74) is 2.48. The maximum atomic E-state index is 10.7. The zero-order valence-electron chi connectivity index (χ0n) is 12.6. The highest BCUT2D eigenvalue weighted by atomic mass is 16.3. The van der Waals surface area contributed by atoms with Crippen molar-refractivity contribution in [2.45, 2.75) is 44.4 Å². The van der Waals surface area contributed by atoms with Crippen molar-refractivity contribution in [3.63, 3.8) is 0 Å². The van der Waals surface area contributed by atoms with Gasteiger partial charge in [-0.2, -0.15) is 0 Å². The number of fused-ring (bicyclic) bond motifs is 1. The Morgan fingerprint density at radius 1 is 1.25 bits per heavy atom. The summed E-state index contributed by atoms with van der Waals surface area (Å²) < 4.78 is 0. The maximum Gasteiger partial charge on any atom is 0.0947 e. The Kier molecular flexibility index (Phi) is 4.11. The summed E-state index contributed by atoms with van der Waals surface area (Å²) in [6.45, 7) is 5.55. The van der Waals surface area contributed by atoms with Crippen LogP contribution >= 0.6 is 0 Å². The predicted octanol–water partition coefficient (Wildman–Crippen LogP) is 2.06. The largest absolute Gasteiger partial charge is 0.387 e. The van der Waals surface area contributed by atoms with E-state index in [1.54, 1.807) is 0 Å². The minimum absolute atomic E-state index is 0.299. The third-order valence-electron chi connectivity index (χ3n) is 5.20. The minimum atomic E-state index is -0.319. The quantitative estimate of drug-likeness (QED) is 0.894. The molecule has 0 amide bonds. The van der Waals surface area contributed by atoms with E-state index in [9.17, 15) is 5.11 Å². The predicted molar refractivity (Wildman–Crippen MR) is 81.8 cm³/mol. The molecule has 1 aliphatic carbocycles. The van der Waals surface area contributed by atoms with Gasteiger partial charge in [0.25, 0.3) is 0 Å². The Bertz CT molecular complexity index is 462. The zero-order chi connectivity index (χ0) is 14.1. The second-order valence-electron chi connectivity index (χ2n) is 6.29. The van der Waals surface area contributed by atoms with Gasteiger partial charge in [0.15, 0.2) is 0 Å². The van der Waals surface area contributed by atoms with Crippen molar-refractivity contribution in [3.05, 3.63) is 35.4 Å². The van der Waals surface area contributed by atoms with E-state index in [2.05, 4.69) is 42.0 Å². The van der Waals surface area contributed by atoms with E-state index >= 15 is 0 Å². The fourth-order valence-corrected chi connectivity index (χ4v) is 3.81. The van der Waals surface area contributed by atoms with Crippen LogP contribution in [0.25, 0.3) is 0 Å². The van der Waals surface area contributed by atoms with E-state index in [0.29, 0.717) is 12.1 Å². The number of hydrogen-bond donors (Lipinski definition) is 1. The molecular formula is C17H26N2O. The lowest BCUT2D eigenvalue weighted by atomic mass is 9.84. The van der Waals surface area contributed by atoms with Crippen molar-refractivity contribution in [1.29, 1.82) is 0 Å². The van der Waals surface area contributed by atoms with Gasteiger partial charge < -0.3 is 10.0 Å². The van der Waals surface area contributed by atoms with Crippen molar-refractivity contribution in [2.24, 2.45) is 0 Å². The van der Waals surface area contributed by atoms with Gasteiger partial charge in [-0.1, -0.05) is 31.2 Å². The van der Waals surface area contributed by atoms with Crippen molar-refractivity contribution in [3.8, 4) is 0 Å². The van der Waals surface area contributed by atoms with Crippen molar-refractivity contribution >= 4 is 0 Å². The lowest BCUT2D eigenvalue weighted by Gasteiger charge is -2.45. The number of hydrogen-bond acceptors (Lipinski definition) is 3. The van der Waals surface area contributed by atoms with Crippen LogP contribution in [0, 0.1) is 0 Å². The van der Waals surface area contributed by atoms with Gasteiger partial charge in [-0.05, 0) is 37.4 Å². The summed E-state index contributed by atoms with van der Waals surface area (Å²) in [7, 11) is 2.22. The van der Waals surface area contributed by atoms with Gasteiger partial charge >= 0.3 is 0 Å². The smallest absolute Gasteiger partial charge is 0.0947 e. The minimum Gasteiger partial charge on any atom is -0.387 e. The molecule has 3 unspecified atom stereocenters. The molecule has 1 aliphatic heterocycles. The molecule has 1 heterocycles. The number of rotatable bonds is 2. The first-order valence-electron chi connectivity index (χ1n) is 7.91. The average Bonchev–Trinajstić information content (AvgIpc) is 2.49. The molecule has 1 fully saturated rings. The highest BCUT2D eigenvalue weighted by Crippen LogP contribution is 2.33. The Hall–Kier alpha value is -0.900. The Morgan fingerprint density at radius 3 is 2.85 bits per heavy atom. The van der Waals surface area contributed by atoms with Crippen LogP contribution < -0.4 is 0 Å². The summed E-state index contributed by atoms with van der Waals surface area (Å²) in [5.74, 6) is 0. The summed E-state index contributed by atoms with van der Waals surface area (Å²) >= 11 is 0. The van der Waals surface area contributed by atoms with Crippen molar-refractivity contribution in [1.82, 2.24) is 9.80 Å². The van der Waals surface area contributed by atoms with Crippen LogP contribution in [0.3, 0.4) is 0 Å². The molecule has 3 atom stereocenters. The molecule has 0 bridgehead atoms. The van der Waals surface area contributed by atoms with Crippen molar-refractivity contribution in [2.75, 3.05) is 26.7 Å². The summed E-state index contributed by atoms with van der Waals surface area (Å²) in [5, 5.41) is 10.7. The number of piperazine rings is 1. The van der Waals surface area contributed by atoms with E-state index in [1.807, 2.05) is 6.07 Å². The molecule has 1 aromatic rings. The monoisotopic (exact) mass is 274 g/mol. The standard InChI is InChI=1S/C17H26N2O/c1-3-14-12-19(11-10-18(14)2)16-9-8-13-6-4-5-7-15(13)17(16)20/h4-7,14,16-17,20H,3,8-12H2,1-2H3. The Morgan fingerprint density at radius 2 is 2.05 bits per heavy atom. The van der Waals surface area contributed by atoms with Crippen LogP contribution in [-0.4, -0.2) is 53.7 Å². The molecule has 0 aromatic heterocycles. The molecule has 1 aromatic carbocycles. The second kappa shape index (κ2) is 5.84. The lowest BCUT2D eigenvalue weighted by molar-refractivity contribution is -0.00671. The molecule has 0 spiro atoms. The number of aliphatic hydroxyl groups excluding tert-OH is 1. The molecule has 20 heavy (non-hydrogen) atoms. The lowest BCUT2D eigenvalue weighted by Crippen LogP contribution is -2.56. The molecule has 0 radical (unpaired) electrons. The molecule has 0 saturated carbocycles. The summed E-state index contributed by atoms with van der Waals surface area (Å²) in [6, 6.07) is 9.31. The van der Waals surface area contributed by atoms with Crippen LogP contribution in [0.2, 0.25) is 0 Å². The fourth-order valence-electron chi connectivity index (χ4n) is 3.81. The Labute approximate surface area is 122 Å². The van der Waals surface area contributed by atoms with E-state index in [-0.39, 0.29) is 6.10 Å². The van der Waals surface area contributed by atoms with E-state index in [0.717, 1.165) is 38.0 Å². The van der Waals surface area contributed by atoms with E-state index in [1.165, 1.54) is 12.0 Å². The van der Waals surface area contributed by atoms with Crippen LogP contribution in [0.15, 0.2) is 24.3 Å². The molecular weight excluding hydrogens is 248 g/mol. The third kappa shape index (κ3) is 2.50. The summed E-state index contributed by atoms with van der Waals surface area (Å²) in [4.78, 5) is 4.98. The molecule has 3 rings (SSSR count). The number of likely N-dealkylation sites (N-methyl/N-ethyl adjacent to an activating group) is 1. The SMILES string of the molecule is CCC1CN(C2CCc3ccccc3C2O)CCN1C. The van der Waals surface area contributed by atoms with Gasteiger partial charge in [0.1, 0.15) is 0 Å². The highest BCUT2D eigenvalue weighted by molar-refractivity contribution is 5.32. The molecule has 2 aliphatic rings. The maximum absolute atomic E-state index is 10.7. The topological polar surface area (TPSA) is 26.7 Å². The van der Waals surface area contributed by atoms with Gasteiger partial charge in [0.2, 0.25) is 0 Å². The fraction of sp³-hybridized carbons (Fsp3) is 0.647. The van der Waals surface area contributed by atoms with Gasteiger partial charge in [-0.25, -0.2) is 0 Å². The number of aliphatic hydroxyl groups is 1. The number of aryl methyl sites for hydroxylation is 1. The second-order valence-corrected chi connectivity index (χ2v) is 6.29. The molecule has 3 nitrogen and oxygen atoms in total. The molecule has 1 N–H and O–H groups in total. The van der Waals surface area contributed by atoms with Gasteiger partial charge in [0.05, 0.1) is 6.10 Å². The average molecular weight is 274 g/mol. The molecule has 1 saturated heterocycles. The van der Waals surface area contributed by atoms with Gasteiger partial charge in [-0.15, -0.1) is 0 Å². The summed E-state index contributed by atoms with van der Waals surface area (Å²) in [6.07, 6.45) is 3.05. The zero-order valence-corrected chi connectivity index (χ0v) is 12.6. The van der Waals surface area contributed by atoms with Crippen LogP contribution in [0.1, 0.15) is 37.0 Å².